The van der Waals surface area contributed by atoms with E-state index < -0.39 is 5.97 Å². The molecule has 1 aromatic carbocycles. The second kappa shape index (κ2) is 7.10. The van der Waals surface area contributed by atoms with E-state index in [4.69, 9.17) is 9.84 Å². The van der Waals surface area contributed by atoms with Crippen molar-refractivity contribution in [3.8, 4) is 5.75 Å². The van der Waals surface area contributed by atoms with Crippen molar-refractivity contribution in [1.29, 1.82) is 0 Å². The Kier molecular flexibility index (Phi) is 4.62. The fourth-order valence-corrected chi connectivity index (χ4v) is 3.78. The molecule has 28 heavy (non-hydrogen) atoms. The van der Waals surface area contributed by atoms with E-state index in [0.29, 0.717) is 25.9 Å². The van der Waals surface area contributed by atoms with Crippen LogP contribution < -0.4 is 10.1 Å². The van der Waals surface area contributed by atoms with Crippen LogP contribution in [0.1, 0.15) is 35.2 Å². The lowest BCUT2D eigenvalue weighted by molar-refractivity contribution is -0.00448. The van der Waals surface area contributed by atoms with Crippen molar-refractivity contribution < 1.29 is 23.8 Å². The van der Waals surface area contributed by atoms with E-state index in [9.17, 15) is 14.0 Å². The number of carbonyl (C=O) groups excluding carboxylic acids is 1. The number of carboxylic acid groups (broad SMARTS) is 1. The van der Waals surface area contributed by atoms with Gasteiger partial charge in [0.15, 0.2) is 0 Å². The van der Waals surface area contributed by atoms with Crippen LogP contribution in [0.2, 0.25) is 0 Å². The van der Waals surface area contributed by atoms with Crippen molar-refractivity contribution in [3.63, 3.8) is 0 Å². The summed E-state index contributed by atoms with van der Waals surface area (Å²) in [5, 5.41) is 11.7. The number of benzene rings is 1. The number of piperidine rings is 1. The molecule has 1 fully saturated rings. The average Bonchev–Trinajstić information content (AvgIpc) is 2.69. The van der Waals surface area contributed by atoms with Gasteiger partial charge in [-0.1, -0.05) is 0 Å². The van der Waals surface area contributed by atoms with Crippen LogP contribution in [-0.4, -0.2) is 45.7 Å². The van der Waals surface area contributed by atoms with Gasteiger partial charge in [0.2, 0.25) is 0 Å². The number of pyridine rings is 1. The highest BCUT2D eigenvalue weighted by Crippen LogP contribution is 2.39. The Morgan fingerprint density at radius 1 is 1.18 bits per heavy atom. The summed E-state index contributed by atoms with van der Waals surface area (Å²) in [6, 6.07) is 6.97. The number of urea groups is 1. The fourth-order valence-electron chi connectivity index (χ4n) is 3.78. The molecule has 2 N–H and O–H groups in total. The second-order valence-corrected chi connectivity index (χ2v) is 7.19. The first-order valence-corrected chi connectivity index (χ1v) is 9.17. The third-order valence-electron chi connectivity index (χ3n) is 5.40. The van der Waals surface area contributed by atoms with Gasteiger partial charge in [0.25, 0.3) is 0 Å². The van der Waals surface area contributed by atoms with Crippen molar-refractivity contribution in [2.45, 2.75) is 31.3 Å². The second-order valence-electron chi connectivity index (χ2n) is 7.19. The van der Waals surface area contributed by atoms with Crippen LogP contribution in [0.25, 0.3) is 0 Å². The monoisotopic (exact) mass is 385 g/mol. The van der Waals surface area contributed by atoms with Gasteiger partial charge in [-0.3, -0.25) is 5.32 Å². The first-order valence-electron chi connectivity index (χ1n) is 9.17. The quantitative estimate of drug-likeness (QED) is 0.828. The van der Waals surface area contributed by atoms with E-state index >= 15 is 0 Å². The lowest BCUT2D eigenvalue weighted by Gasteiger charge is -2.44. The lowest BCUT2D eigenvalue weighted by Crippen LogP contribution is -2.52. The summed E-state index contributed by atoms with van der Waals surface area (Å²) in [6.45, 7) is 1.03. The first-order chi connectivity index (χ1) is 13.4. The van der Waals surface area contributed by atoms with Crippen LogP contribution in [-0.2, 0) is 6.42 Å². The van der Waals surface area contributed by atoms with Crippen LogP contribution in [0.4, 0.5) is 15.0 Å². The molecular formula is C20H20FN3O4. The first kappa shape index (κ1) is 18.2. The van der Waals surface area contributed by atoms with E-state index in [1.165, 1.54) is 30.5 Å². The molecule has 0 radical (unpaired) electrons. The maximum atomic E-state index is 13.4. The Labute approximate surface area is 161 Å². The summed E-state index contributed by atoms with van der Waals surface area (Å²) < 4.78 is 19.6. The molecule has 0 saturated carbocycles. The number of fused-ring (bicyclic) bond motifs is 1. The van der Waals surface area contributed by atoms with Gasteiger partial charge in [-0.2, -0.15) is 0 Å². The van der Waals surface area contributed by atoms with Crippen molar-refractivity contribution in [3.05, 3.63) is 53.5 Å². The van der Waals surface area contributed by atoms with Crippen molar-refractivity contribution in [2.24, 2.45) is 0 Å². The Morgan fingerprint density at radius 3 is 2.71 bits per heavy atom. The molecule has 7 nitrogen and oxygen atoms in total. The molecule has 0 unspecified atom stereocenters. The number of likely N-dealkylation sites (tertiary alicyclic amines) is 1. The summed E-state index contributed by atoms with van der Waals surface area (Å²) in [5.74, 6) is -0.409. The number of nitrogens with one attached hydrogen (secondary N) is 1. The molecule has 1 saturated heterocycles. The molecule has 2 aliphatic rings. The van der Waals surface area contributed by atoms with Gasteiger partial charge < -0.3 is 14.7 Å². The zero-order valence-corrected chi connectivity index (χ0v) is 15.2. The van der Waals surface area contributed by atoms with E-state index in [1.807, 2.05) is 0 Å². The number of aromatic nitrogens is 1. The third-order valence-corrected chi connectivity index (χ3v) is 5.40. The number of aryl methyl sites for hydroxylation is 1. The predicted molar refractivity (Wildman–Crippen MR) is 99.1 cm³/mol. The van der Waals surface area contributed by atoms with Crippen LogP contribution in [0.3, 0.4) is 0 Å². The lowest BCUT2D eigenvalue weighted by atomic mass is 9.83. The fraction of sp³-hybridized carbons (Fsp3) is 0.350. The standard InChI is InChI=1S/C20H20FN3O4/c21-15-1-2-16-13(11-15)3-5-20(28-16)6-9-24(10-7-20)19(27)23-17-12-14(18(25)26)4-8-22-17/h1-2,4,8,11-12H,3,5-7,9-10H2,(H,25,26)(H,22,23,27). The molecule has 0 bridgehead atoms. The van der Waals surface area contributed by atoms with Gasteiger partial charge in [0.1, 0.15) is 23.0 Å². The molecule has 2 aliphatic heterocycles. The van der Waals surface area contributed by atoms with E-state index in [2.05, 4.69) is 10.3 Å². The summed E-state index contributed by atoms with van der Waals surface area (Å²) >= 11 is 0. The maximum absolute atomic E-state index is 13.4. The van der Waals surface area contributed by atoms with Crippen LogP contribution in [0.5, 0.6) is 5.75 Å². The number of amides is 2. The highest BCUT2D eigenvalue weighted by atomic mass is 19.1. The van der Waals surface area contributed by atoms with Crippen LogP contribution in [0, 0.1) is 5.82 Å². The van der Waals surface area contributed by atoms with Gasteiger partial charge in [0, 0.05) is 32.1 Å². The smallest absolute Gasteiger partial charge is 0.335 e. The molecule has 2 aromatic rings. The van der Waals surface area contributed by atoms with Crippen LogP contribution >= 0.6 is 0 Å². The van der Waals surface area contributed by atoms with Crippen molar-refractivity contribution in [1.82, 2.24) is 9.88 Å². The zero-order valence-electron chi connectivity index (χ0n) is 15.2. The molecule has 1 aromatic heterocycles. The molecule has 4 rings (SSSR count). The van der Waals surface area contributed by atoms with Crippen molar-refractivity contribution >= 4 is 17.8 Å². The molecule has 0 atom stereocenters. The van der Waals surface area contributed by atoms with E-state index in [1.54, 1.807) is 11.0 Å². The maximum Gasteiger partial charge on any atom is 0.335 e. The number of rotatable bonds is 2. The number of halogens is 1. The van der Waals surface area contributed by atoms with E-state index in [0.717, 1.165) is 24.2 Å². The number of ether oxygens (including phenoxy) is 1. The molecule has 3 heterocycles. The normalized spacial score (nSPS) is 17.5. The number of aromatic carboxylic acids is 1. The number of hydrogen-bond donors (Lipinski definition) is 2. The van der Waals surface area contributed by atoms with Gasteiger partial charge in [-0.15, -0.1) is 0 Å². The Bertz CT molecular complexity index is 925. The zero-order chi connectivity index (χ0) is 19.7. The molecule has 2 amide bonds. The van der Waals surface area contributed by atoms with Gasteiger partial charge in [-0.05, 0) is 48.7 Å². The summed E-state index contributed by atoms with van der Waals surface area (Å²) in [5.41, 5.74) is 0.618. The Hall–Kier alpha value is -3.16. The summed E-state index contributed by atoms with van der Waals surface area (Å²) in [6.07, 6.45) is 4.26. The molecule has 8 heteroatoms. The van der Waals surface area contributed by atoms with Crippen molar-refractivity contribution in [2.75, 3.05) is 18.4 Å². The summed E-state index contributed by atoms with van der Waals surface area (Å²) in [7, 11) is 0. The third kappa shape index (κ3) is 3.62. The van der Waals surface area contributed by atoms with Gasteiger partial charge in [-0.25, -0.2) is 19.0 Å². The molecule has 146 valence electrons. The largest absolute Gasteiger partial charge is 0.487 e. The minimum absolute atomic E-state index is 0.0635. The Morgan fingerprint density at radius 2 is 1.96 bits per heavy atom. The Balaban J connectivity index is 1.38. The van der Waals surface area contributed by atoms with E-state index in [-0.39, 0.29) is 28.8 Å². The number of carboxylic acids is 1. The number of carbonyl (C=O) groups is 2. The highest BCUT2D eigenvalue weighted by Gasteiger charge is 2.40. The minimum atomic E-state index is -1.08. The molecule has 1 spiro atoms. The number of anilines is 1. The average molecular weight is 385 g/mol. The van der Waals surface area contributed by atoms with Gasteiger partial charge in [0.05, 0.1) is 5.56 Å². The van der Waals surface area contributed by atoms with Crippen LogP contribution in [0.15, 0.2) is 36.5 Å². The van der Waals surface area contributed by atoms with Gasteiger partial charge >= 0.3 is 12.0 Å². The molecular weight excluding hydrogens is 365 g/mol. The SMILES string of the molecule is O=C(O)c1ccnc(NC(=O)N2CCC3(CCc4cc(F)ccc4O3)CC2)c1. The molecule has 0 aliphatic carbocycles. The predicted octanol–water partition coefficient (Wildman–Crippen LogP) is 3.31. The number of hydrogen-bond acceptors (Lipinski definition) is 4. The topological polar surface area (TPSA) is 91.8 Å². The summed E-state index contributed by atoms with van der Waals surface area (Å²) in [4.78, 5) is 29.2. The number of nitrogens with zero attached hydrogens (tertiary/aromatic N) is 2. The highest BCUT2D eigenvalue weighted by molar-refractivity contribution is 5.92. The minimum Gasteiger partial charge on any atom is -0.487 e.